The van der Waals surface area contributed by atoms with Crippen LogP contribution in [0, 0.1) is 0 Å². The number of amides is 2. The van der Waals surface area contributed by atoms with Crippen LogP contribution in [0.2, 0.25) is 5.02 Å². The molecule has 1 fully saturated rings. The monoisotopic (exact) mass is 388 g/mol. The molecule has 1 N–H and O–H groups in total. The number of carbonyl (C=O) groups excluding carboxylic acids is 2. The smallest absolute Gasteiger partial charge is 0.247 e. The van der Waals surface area contributed by atoms with Crippen molar-refractivity contribution in [3.8, 4) is 11.5 Å². The van der Waals surface area contributed by atoms with Crippen LogP contribution in [0.5, 0.6) is 11.5 Å². The van der Waals surface area contributed by atoms with Crippen LogP contribution >= 0.6 is 11.6 Å². The van der Waals surface area contributed by atoms with E-state index >= 15 is 0 Å². The number of carbonyl (C=O) groups is 2. The predicted molar refractivity (Wildman–Crippen MR) is 102 cm³/mol. The Balaban J connectivity index is 1.86. The molecule has 1 unspecified atom stereocenters. The predicted octanol–water partition coefficient (Wildman–Crippen LogP) is 2.60. The van der Waals surface area contributed by atoms with Gasteiger partial charge in [-0.1, -0.05) is 35.9 Å². The minimum atomic E-state index is -0.736. The van der Waals surface area contributed by atoms with Gasteiger partial charge in [-0.3, -0.25) is 9.59 Å². The lowest BCUT2D eigenvalue weighted by atomic mass is 10.0. The Morgan fingerprint density at radius 3 is 2.63 bits per heavy atom. The Hall–Kier alpha value is -2.73. The highest BCUT2D eigenvalue weighted by atomic mass is 35.5. The van der Waals surface area contributed by atoms with E-state index in [0.717, 1.165) is 5.56 Å². The summed E-state index contributed by atoms with van der Waals surface area (Å²) in [5.41, 5.74) is 1.40. The Morgan fingerprint density at radius 1 is 1.19 bits per heavy atom. The fraction of sp³-hybridized carbons (Fsp3) is 0.300. The number of piperazine rings is 1. The van der Waals surface area contributed by atoms with E-state index in [2.05, 4.69) is 5.32 Å². The van der Waals surface area contributed by atoms with E-state index in [0.29, 0.717) is 35.2 Å². The first-order valence-corrected chi connectivity index (χ1v) is 8.95. The molecule has 0 spiro atoms. The third-order valence-electron chi connectivity index (χ3n) is 4.54. The molecule has 0 saturated carbocycles. The molecule has 0 aromatic heterocycles. The van der Waals surface area contributed by atoms with Crippen LogP contribution in [-0.2, 0) is 16.0 Å². The quantitative estimate of drug-likeness (QED) is 0.854. The van der Waals surface area contributed by atoms with Gasteiger partial charge in [0.05, 0.1) is 20.6 Å². The van der Waals surface area contributed by atoms with Gasteiger partial charge in [0.1, 0.15) is 6.04 Å². The molecule has 142 valence electrons. The molecule has 1 heterocycles. The maximum absolute atomic E-state index is 13.0. The van der Waals surface area contributed by atoms with E-state index in [1.54, 1.807) is 55.5 Å². The fourth-order valence-corrected chi connectivity index (χ4v) is 3.45. The molecular weight excluding hydrogens is 368 g/mol. The lowest BCUT2D eigenvalue weighted by Crippen LogP contribution is -2.52. The first kappa shape index (κ1) is 19.0. The number of halogens is 1. The summed E-state index contributed by atoms with van der Waals surface area (Å²) in [7, 11) is 3.11. The Labute approximate surface area is 163 Å². The Bertz CT molecular complexity index is 856. The molecule has 6 nitrogen and oxygen atoms in total. The van der Waals surface area contributed by atoms with Crippen LogP contribution in [0.4, 0.5) is 0 Å². The van der Waals surface area contributed by atoms with E-state index in [4.69, 9.17) is 21.1 Å². The number of nitrogens with one attached hydrogen (secondary N) is 1. The molecule has 1 saturated heterocycles. The van der Waals surface area contributed by atoms with Gasteiger partial charge in [-0.15, -0.1) is 0 Å². The number of benzene rings is 2. The summed E-state index contributed by atoms with van der Waals surface area (Å²) in [6, 6.07) is 11.7. The molecule has 0 aliphatic carbocycles. The van der Waals surface area contributed by atoms with Crippen LogP contribution in [0.25, 0.3) is 0 Å². The molecule has 2 amide bonds. The Morgan fingerprint density at radius 2 is 1.93 bits per heavy atom. The van der Waals surface area contributed by atoms with Crippen LogP contribution < -0.4 is 14.8 Å². The van der Waals surface area contributed by atoms with E-state index in [-0.39, 0.29) is 18.2 Å². The Kier molecular flexibility index (Phi) is 5.86. The molecule has 1 aliphatic rings. The van der Waals surface area contributed by atoms with Crippen LogP contribution in [0.3, 0.4) is 0 Å². The molecule has 27 heavy (non-hydrogen) atoms. The van der Waals surface area contributed by atoms with Crippen molar-refractivity contribution in [2.45, 2.75) is 12.5 Å². The van der Waals surface area contributed by atoms with Crippen molar-refractivity contribution in [3.63, 3.8) is 0 Å². The zero-order chi connectivity index (χ0) is 19.4. The highest BCUT2D eigenvalue weighted by Gasteiger charge is 2.35. The molecule has 2 aromatic carbocycles. The fourth-order valence-electron chi connectivity index (χ4n) is 3.21. The van der Waals surface area contributed by atoms with Gasteiger partial charge in [-0.05, 0) is 23.8 Å². The number of hydrogen-bond donors (Lipinski definition) is 1. The normalized spacial score (nSPS) is 16.6. The van der Waals surface area contributed by atoms with Gasteiger partial charge in [0, 0.05) is 23.7 Å². The van der Waals surface area contributed by atoms with E-state index in [1.807, 2.05) is 6.07 Å². The van der Waals surface area contributed by atoms with Crippen molar-refractivity contribution in [2.75, 3.05) is 27.3 Å². The number of rotatable bonds is 5. The molecule has 7 heteroatoms. The van der Waals surface area contributed by atoms with Crippen LogP contribution in [0.15, 0.2) is 42.5 Å². The van der Waals surface area contributed by atoms with Gasteiger partial charge in [-0.25, -0.2) is 0 Å². The third-order valence-corrected chi connectivity index (χ3v) is 4.88. The summed E-state index contributed by atoms with van der Waals surface area (Å²) in [6.45, 7) is 0.839. The minimum Gasteiger partial charge on any atom is -0.493 e. The highest BCUT2D eigenvalue weighted by Crippen LogP contribution is 2.31. The second-order valence-electron chi connectivity index (χ2n) is 6.17. The number of hydrogen-bond acceptors (Lipinski definition) is 4. The lowest BCUT2D eigenvalue weighted by Gasteiger charge is -2.35. The molecule has 3 rings (SSSR count). The third kappa shape index (κ3) is 4.01. The van der Waals surface area contributed by atoms with Crippen LogP contribution in [0.1, 0.15) is 17.2 Å². The zero-order valence-corrected chi connectivity index (χ0v) is 16.0. The number of nitrogens with zero attached hydrogens (tertiary/aromatic N) is 1. The highest BCUT2D eigenvalue weighted by molar-refractivity contribution is 6.31. The van der Waals surface area contributed by atoms with E-state index in [1.165, 1.54) is 0 Å². The summed E-state index contributed by atoms with van der Waals surface area (Å²) in [5.74, 6) is 0.777. The molecule has 1 aliphatic heterocycles. The number of methoxy groups -OCH3 is 2. The first-order valence-electron chi connectivity index (χ1n) is 8.57. The summed E-state index contributed by atoms with van der Waals surface area (Å²) >= 11 is 6.28. The van der Waals surface area contributed by atoms with Crippen molar-refractivity contribution >= 4 is 23.4 Å². The maximum Gasteiger partial charge on any atom is 0.247 e. The van der Waals surface area contributed by atoms with Crippen molar-refractivity contribution in [1.29, 1.82) is 0 Å². The number of ether oxygens (including phenoxy) is 2. The van der Waals surface area contributed by atoms with Crippen LogP contribution in [-0.4, -0.2) is 44.0 Å². The average molecular weight is 389 g/mol. The molecule has 0 bridgehead atoms. The summed E-state index contributed by atoms with van der Waals surface area (Å²) in [4.78, 5) is 27.1. The average Bonchev–Trinajstić information content (AvgIpc) is 2.68. The second-order valence-corrected chi connectivity index (χ2v) is 6.58. The standard InChI is InChI=1S/C20H21ClN2O4/c1-26-16-8-7-13(11-17(16)27-2)12-18(24)23-10-9-22-20(25)19(23)14-5-3-4-6-15(14)21/h3-8,11,19H,9-10,12H2,1-2H3,(H,22,25). The summed E-state index contributed by atoms with van der Waals surface area (Å²) in [6.07, 6.45) is 0.147. The van der Waals surface area contributed by atoms with Crippen molar-refractivity contribution in [2.24, 2.45) is 0 Å². The molecule has 1 atom stereocenters. The van der Waals surface area contributed by atoms with Crippen molar-refractivity contribution in [1.82, 2.24) is 10.2 Å². The van der Waals surface area contributed by atoms with Gasteiger partial charge in [0.15, 0.2) is 11.5 Å². The molecular formula is C20H21ClN2O4. The van der Waals surface area contributed by atoms with Gasteiger partial charge in [0.2, 0.25) is 11.8 Å². The second kappa shape index (κ2) is 8.31. The lowest BCUT2D eigenvalue weighted by molar-refractivity contribution is -0.143. The molecule has 0 radical (unpaired) electrons. The van der Waals surface area contributed by atoms with Gasteiger partial charge >= 0.3 is 0 Å². The van der Waals surface area contributed by atoms with Crippen molar-refractivity contribution in [3.05, 3.63) is 58.6 Å². The first-order chi connectivity index (χ1) is 13.0. The van der Waals surface area contributed by atoms with Gasteiger partial charge < -0.3 is 19.7 Å². The molecule has 2 aromatic rings. The SMILES string of the molecule is COc1ccc(CC(=O)N2CCNC(=O)C2c2ccccc2Cl)cc1OC. The van der Waals surface area contributed by atoms with Crippen molar-refractivity contribution < 1.29 is 19.1 Å². The zero-order valence-electron chi connectivity index (χ0n) is 15.2. The summed E-state index contributed by atoms with van der Waals surface area (Å²) < 4.78 is 10.5. The largest absolute Gasteiger partial charge is 0.493 e. The summed E-state index contributed by atoms with van der Waals surface area (Å²) in [5, 5.41) is 3.27. The van der Waals surface area contributed by atoms with E-state index in [9.17, 15) is 9.59 Å². The topological polar surface area (TPSA) is 67.9 Å². The minimum absolute atomic E-state index is 0.147. The maximum atomic E-state index is 13.0. The van der Waals surface area contributed by atoms with Gasteiger partial charge in [0.25, 0.3) is 0 Å². The van der Waals surface area contributed by atoms with E-state index < -0.39 is 6.04 Å². The van der Waals surface area contributed by atoms with Gasteiger partial charge in [-0.2, -0.15) is 0 Å².